The van der Waals surface area contributed by atoms with Crippen LogP contribution in [-0.2, 0) is 9.53 Å². The van der Waals surface area contributed by atoms with Crippen molar-refractivity contribution in [2.24, 2.45) is 11.8 Å². The van der Waals surface area contributed by atoms with Crippen LogP contribution in [0.25, 0.3) is 0 Å². The van der Waals surface area contributed by atoms with Gasteiger partial charge in [0.25, 0.3) is 0 Å². The molecule has 0 saturated carbocycles. The molecule has 0 spiro atoms. The fourth-order valence-electron chi connectivity index (χ4n) is 4.91. The molecule has 0 bridgehead atoms. The van der Waals surface area contributed by atoms with Crippen LogP contribution in [0.5, 0.6) is 0 Å². The van der Waals surface area contributed by atoms with Gasteiger partial charge in [-0.15, -0.1) is 0 Å². The summed E-state index contributed by atoms with van der Waals surface area (Å²) in [7, 11) is 0. The van der Waals surface area contributed by atoms with E-state index in [2.05, 4.69) is 39.8 Å². The van der Waals surface area contributed by atoms with Gasteiger partial charge < -0.3 is 4.74 Å². The van der Waals surface area contributed by atoms with E-state index in [1.54, 1.807) is 0 Å². The van der Waals surface area contributed by atoms with E-state index in [1.165, 1.54) is 109 Å². The maximum atomic E-state index is 12.0. The summed E-state index contributed by atoms with van der Waals surface area (Å²) in [5.74, 6) is 2.30. The van der Waals surface area contributed by atoms with Crippen molar-refractivity contribution in [3.8, 4) is 0 Å². The predicted octanol–water partition coefficient (Wildman–Crippen LogP) is 10.3. The summed E-state index contributed by atoms with van der Waals surface area (Å²) in [5.41, 5.74) is 0. The van der Waals surface area contributed by atoms with Gasteiger partial charge in [-0.1, -0.05) is 129 Å². The van der Waals surface area contributed by atoms with Gasteiger partial charge in [0.05, 0.1) is 13.0 Å². The second-order valence-corrected chi connectivity index (χ2v) is 12.9. The van der Waals surface area contributed by atoms with E-state index in [0.29, 0.717) is 13.0 Å². The maximum Gasteiger partial charge on any atom is 0.306 e. The summed E-state index contributed by atoms with van der Waals surface area (Å²) in [6.45, 7) is 9.82. The standard InChI is InChI=1S/C31H58O2S/c1-5-6-7-8-9-10-11-12-13-14-15-16-17-18-19-20-26-33-30(32)23-27-34-31(4)24-21-29(22-25-31)28(2)3/h21,24,28-29H,5-20,22-23,25-27H2,1-4H3. The zero-order valence-corrected chi connectivity index (χ0v) is 24.2. The minimum atomic E-state index is -0.0168. The second kappa shape index (κ2) is 20.7. The van der Waals surface area contributed by atoms with Crippen LogP contribution >= 0.6 is 11.8 Å². The van der Waals surface area contributed by atoms with E-state index < -0.39 is 0 Å². The minimum Gasteiger partial charge on any atom is -0.466 e. The Labute approximate surface area is 217 Å². The zero-order chi connectivity index (χ0) is 24.9. The fourth-order valence-corrected chi connectivity index (χ4v) is 6.08. The first kappa shape index (κ1) is 31.6. The molecular formula is C31H58O2S. The van der Waals surface area contributed by atoms with Gasteiger partial charge in [-0.2, -0.15) is 11.8 Å². The average Bonchev–Trinajstić information content (AvgIpc) is 2.81. The second-order valence-electron chi connectivity index (χ2n) is 11.2. The molecule has 200 valence electrons. The lowest BCUT2D eigenvalue weighted by Gasteiger charge is -2.33. The molecule has 0 aromatic heterocycles. The molecule has 1 aliphatic carbocycles. The first-order valence-corrected chi connectivity index (χ1v) is 15.9. The third-order valence-electron chi connectivity index (χ3n) is 7.53. The van der Waals surface area contributed by atoms with Crippen molar-refractivity contribution in [1.82, 2.24) is 0 Å². The van der Waals surface area contributed by atoms with Crippen LogP contribution in [0.4, 0.5) is 0 Å². The van der Waals surface area contributed by atoms with E-state index in [9.17, 15) is 4.79 Å². The summed E-state index contributed by atoms with van der Waals surface area (Å²) < 4.78 is 5.66. The molecule has 1 rings (SSSR count). The monoisotopic (exact) mass is 494 g/mol. The van der Waals surface area contributed by atoms with Gasteiger partial charge >= 0.3 is 5.97 Å². The zero-order valence-electron chi connectivity index (χ0n) is 23.4. The number of ether oxygens (including phenoxy) is 1. The molecule has 1 aliphatic rings. The quantitative estimate of drug-likeness (QED) is 0.0850. The summed E-state index contributed by atoms with van der Waals surface area (Å²) in [5, 5.41) is 0. The number of hydrogen-bond acceptors (Lipinski definition) is 3. The van der Waals surface area contributed by atoms with Crippen molar-refractivity contribution in [2.45, 2.75) is 154 Å². The van der Waals surface area contributed by atoms with Crippen molar-refractivity contribution >= 4 is 17.7 Å². The Morgan fingerprint density at radius 2 is 1.38 bits per heavy atom. The van der Waals surface area contributed by atoms with E-state index in [0.717, 1.165) is 24.0 Å². The van der Waals surface area contributed by atoms with Crippen molar-refractivity contribution in [3.63, 3.8) is 0 Å². The van der Waals surface area contributed by atoms with Gasteiger partial charge in [-0.05, 0) is 38.0 Å². The fraction of sp³-hybridized carbons (Fsp3) is 0.903. The molecule has 2 atom stereocenters. The Kier molecular flexibility index (Phi) is 19.3. The van der Waals surface area contributed by atoms with E-state index in [-0.39, 0.29) is 10.7 Å². The lowest BCUT2D eigenvalue weighted by Crippen LogP contribution is -2.25. The van der Waals surface area contributed by atoms with Crippen LogP contribution in [0.1, 0.15) is 150 Å². The lowest BCUT2D eigenvalue weighted by atomic mass is 9.83. The first-order valence-electron chi connectivity index (χ1n) is 15.0. The third-order valence-corrected chi connectivity index (χ3v) is 8.93. The number of carbonyl (C=O) groups excluding carboxylic acids is 1. The van der Waals surface area contributed by atoms with Crippen LogP contribution in [0.3, 0.4) is 0 Å². The number of thioether (sulfide) groups is 1. The summed E-state index contributed by atoms with van der Waals surface area (Å²) >= 11 is 1.92. The van der Waals surface area contributed by atoms with Crippen LogP contribution in [-0.4, -0.2) is 23.1 Å². The molecule has 0 aromatic carbocycles. The van der Waals surface area contributed by atoms with Crippen molar-refractivity contribution in [2.75, 3.05) is 12.4 Å². The van der Waals surface area contributed by atoms with E-state index in [4.69, 9.17) is 4.74 Å². The van der Waals surface area contributed by atoms with Gasteiger partial charge in [0.1, 0.15) is 0 Å². The first-order chi connectivity index (χ1) is 16.5. The number of allylic oxidation sites excluding steroid dienone is 1. The van der Waals surface area contributed by atoms with Crippen molar-refractivity contribution in [3.05, 3.63) is 12.2 Å². The number of esters is 1. The maximum absolute atomic E-state index is 12.0. The summed E-state index contributed by atoms with van der Waals surface area (Å²) in [6.07, 6.45) is 29.7. The molecule has 34 heavy (non-hydrogen) atoms. The molecule has 3 heteroatoms. The molecule has 0 fully saturated rings. The highest BCUT2D eigenvalue weighted by Crippen LogP contribution is 2.39. The Hall–Kier alpha value is -0.440. The topological polar surface area (TPSA) is 26.3 Å². The smallest absolute Gasteiger partial charge is 0.306 e. The van der Waals surface area contributed by atoms with Crippen LogP contribution in [0.2, 0.25) is 0 Å². The molecule has 0 heterocycles. The molecule has 0 saturated heterocycles. The van der Waals surface area contributed by atoms with Gasteiger partial charge in [0.15, 0.2) is 0 Å². The predicted molar refractivity (Wildman–Crippen MR) is 153 cm³/mol. The molecule has 0 amide bonds. The lowest BCUT2D eigenvalue weighted by molar-refractivity contribution is -0.143. The number of rotatable bonds is 22. The Morgan fingerprint density at radius 3 is 1.82 bits per heavy atom. The van der Waals surface area contributed by atoms with E-state index in [1.807, 2.05) is 11.8 Å². The highest BCUT2D eigenvalue weighted by atomic mass is 32.2. The minimum absolute atomic E-state index is 0.0168. The van der Waals surface area contributed by atoms with Gasteiger partial charge in [0, 0.05) is 10.5 Å². The Morgan fingerprint density at radius 1 is 0.882 bits per heavy atom. The van der Waals surface area contributed by atoms with E-state index >= 15 is 0 Å². The highest BCUT2D eigenvalue weighted by molar-refractivity contribution is 8.00. The summed E-state index contributed by atoms with van der Waals surface area (Å²) in [6, 6.07) is 0. The third kappa shape index (κ3) is 17.1. The highest BCUT2D eigenvalue weighted by Gasteiger charge is 2.28. The summed E-state index contributed by atoms with van der Waals surface area (Å²) in [4.78, 5) is 12.0. The molecule has 0 radical (unpaired) electrons. The SMILES string of the molecule is CCCCCCCCCCCCCCCCCCOC(=O)CCSC1(C)C=CC(C(C)C)CC1. The van der Waals surface area contributed by atoms with Crippen molar-refractivity contribution < 1.29 is 9.53 Å². The molecule has 2 unspecified atom stereocenters. The molecule has 2 nitrogen and oxygen atoms in total. The van der Waals surface area contributed by atoms with Gasteiger partial charge in [-0.25, -0.2) is 0 Å². The van der Waals surface area contributed by atoms with Crippen LogP contribution in [0, 0.1) is 11.8 Å². The number of carbonyl (C=O) groups is 1. The number of unbranched alkanes of at least 4 members (excludes halogenated alkanes) is 15. The van der Waals surface area contributed by atoms with Gasteiger partial charge in [0.2, 0.25) is 0 Å². The Balaban J connectivity index is 1.83. The molecule has 0 aliphatic heterocycles. The Bertz CT molecular complexity index is 516. The molecular weight excluding hydrogens is 436 g/mol. The number of hydrogen-bond donors (Lipinski definition) is 0. The normalized spacial score (nSPS) is 20.2. The molecule has 0 aromatic rings. The van der Waals surface area contributed by atoms with Crippen LogP contribution < -0.4 is 0 Å². The molecule has 0 N–H and O–H groups in total. The average molecular weight is 495 g/mol. The van der Waals surface area contributed by atoms with Crippen LogP contribution in [0.15, 0.2) is 12.2 Å². The largest absolute Gasteiger partial charge is 0.466 e. The van der Waals surface area contributed by atoms with Gasteiger partial charge in [-0.3, -0.25) is 4.79 Å². The van der Waals surface area contributed by atoms with Crippen molar-refractivity contribution in [1.29, 1.82) is 0 Å².